The van der Waals surface area contributed by atoms with Crippen molar-refractivity contribution in [2.45, 2.75) is 17.7 Å². The Hall–Kier alpha value is -3.08. The summed E-state index contributed by atoms with van der Waals surface area (Å²) >= 11 is 0. The summed E-state index contributed by atoms with van der Waals surface area (Å²) in [6.07, 6.45) is 4.04. The van der Waals surface area contributed by atoms with Gasteiger partial charge in [0.1, 0.15) is 10.6 Å². The molecule has 0 aliphatic rings. The van der Waals surface area contributed by atoms with Crippen LogP contribution in [0.4, 0.5) is 0 Å². The molecule has 3 aromatic heterocycles. The van der Waals surface area contributed by atoms with E-state index < -0.39 is 15.9 Å². The minimum Gasteiger partial charge on any atom is -0.339 e. The minimum absolute atomic E-state index is 0.0846. The summed E-state index contributed by atoms with van der Waals surface area (Å²) in [6, 6.07) is 5.27. The number of hydrogen-bond acceptors (Lipinski definition) is 8. The maximum atomic E-state index is 12.0. The maximum absolute atomic E-state index is 12.0. The molecular formula is C14H14N6O4S. The number of carbonyl (C=O) groups excluding carboxylic acids is 1. The second-order valence-electron chi connectivity index (χ2n) is 5.11. The highest BCUT2D eigenvalue weighted by Gasteiger charge is 2.20. The largest absolute Gasteiger partial charge is 0.339 e. The van der Waals surface area contributed by atoms with Gasteiger partial charge in [-0.3, -0.25) is 14.5 Å². The first-order valence-electron chi connectivity index (χ1n) is 7.22. The van der Waals surface area contributed by atoms with Crippen LogP contribution in [-0.2, 0) is 28.3 Å². The molecule has 3 rings (SSSR count). The Morgan fingerprint density at radius 3 is 2.88 bits per heavy atom. The summed E-state index contributed by atoms with van der Waals surface area (Å²) in [5, 5.41) is 7.54. The van der Waals surface area contributed by atoms with Crippen LogP contribution in [-0.4, -0.2) is 39.2 Å². The molecule has 3 aromatic rings. The molecule has 0 aliphatic carbocycles. The fourth-order valence-corrected chi connectivity index (χ4v) is 2.97. The second kappa shape index (κ2) is 6.81. The quantitative estimate of drug-likeness (QED) is 0.662. The lowest BCUT2D eigenvalue weighted by atomic mass is 10.3. The molecule has 25 heavy (non-hydrogen) atoms. The molecule has 0 fully saturated rings. The summed E-state index contributed by atoms with van der Waals surface area (Å²) in [5.41, 5.74) is 0.543. The summed E-state index contributed by atoms with van der Waals surface area (Å²) in [4.78, 5) is 20.0. The van der Waals surface area contributed by atoms with Crippen molar-refractivity contribution in [1.82, 2.24) is 29.6 Å². The Bertz CT molecular complexity index is 980. The third-order valence-corrected chi connectivity index (χ3v) is 4.50. The van der Waals surface area contributed by atoms with Gasteiger partial charge in [0.05, 0.1) is 6.20 Å². The number of nitrogens with zero attached hydrogens (tertiary/aromatic N) is 5. The molecule has 0 spiro atoms. The Labute approximate surface area is 142 Å². The number of aryl methyl sites for hydroxylation is 2. The molecule has 1 amide bonds. The predicted octanol–water partition coefficient (Wildman–Crippen LogP) is 0.303. The lowest BCUT2D eigenvalue weighted by Crippen LogP contribution is -2.30. The fourth-order valence-electron chi connectivity index (χ4n) is 1.97. The van der Waals surface area contributed by atoms with Gasteiger partial charge in [-0.05, 0) is 12.1 Å². The summed E-state index contributed by atoms with van der Waals surface area (Å²) in [5.74, 6) is -0.157. The topological polar surface area (TPSA) is 133 Å². The van der Waals surface area contributed by atoms with E-state index in [-0.39, 0.29) is 23.6 Å². The van der Waals surface area contributed by atoms with Crippen molar-refractivity contribution >= 4 is 15.9 Å². The van der Waals surface area contributed by atoms with Gasteiger partial charge >= 0.3 is 0 Å². The molecular weight excluding hydrogens is 348 g/mol. The number of carbonyl (C=O) groups is 1. The van der Waals surface area contributed by atoms with E-state index in [0.29, 0.717) is 11.5 Å². The number of nitrogens with one attached hydrogen (secondary N) is 1. The third-order valence-electron chi connectivity index (χ3n) is 3.17. The molecule has 0 radical (unpaired) electrons. The van der Waals surface area contributed by atoms with Gasteiger partial charge < -0.3 is 4.52 Å². The standard InChI is InChI=1S/C14H14N6O4S/c1-20-9-10(8-16-20)25(22,23)19-12(21)5-6-13-17-14(18-24-13)11-4-2-3-7-15-11/h2-4,7-9H,5-6H2,1H3,(H,19,21). The van der Waals surface area contributed by atoms with E-state index in [4.69, 9.17) is 4.52 Å². The van der Waals surface area contributed by atoms with Crippen LogP contribution in [0.15, 0.2) is 46.2 Å². The van der Waals surface area contributed by atoms with Gasteiger partial charge in [0.15, 0.2) is 0 Å². The third kappa shape index (κ3) is 4.07. The molecule has 0 aromatic carbocycles. The number of rotatable bonds is 6. The molecule has 0 aliphatic heterocycles. The van der Waals surface area contributed by atoms with Gasteiger partial charge in [-0.25, -0.2) is 13.1 Å². The van der Waals surface area contributed by atoms with Gasteiger partial charge in [0.25, 0.3) is 10.0 Å². The predicted molar refractivity (Wildman–Crippen MR) is 84.4 cm³/mol. The van der Waals surface area contributed by atoms with Crippen LogP contribution < -0.4 is 4.72 Å². The Morgan fingerprint density at radius 1 is 1.36 bits per heavy atom. The van der Waals surface area contributed by atoms with E-state index in [1.807, 2.05) is 4.72 Å². The molecule has 0 saturated carbocycles. The van der Waals surface area contributed by atoms with Crippen LogP contribution in [0.1, 0.15) is 12.3 Å². The first-order chi connectivity index (χ1) is 11.9. The van der Waals surface area contributed by atoms with Crippen LogP contribution in [0, 0.1) is 0 Å². The summed E-state index contributed by atoms with van der Waals surface area (Å²) in [7, 11) is -2.36. The van der Waals surface area contributed by atoms with Crippen LogP contribution >= 0.6 is 0 Å². The molecule has 0 atom stereocenters. The smallest absolute Gasteiger partial charge is 0.267 e. The Kier molecular flexibility index (Phi) is 4.57. The van der Waals surface area contributed by atoms with Crippen molar-refractivity contribution in [1.29, 1.82) is 0 Å². The first kappa shape index (κ1) is 16.8. The summed E-state index contributed by atoms with van der Waals surface area (Å²) < 4.78 is 32.4. The van der Waals surface area contributed by atoms with Crippen LogP contribution in [0.2, 0.25) is 0 Å². The zero-order valence-corrected chi connectivity index (χ0v) is 14.0. The van der Waals surface area contributed by atoms with Crippen molar-refractivity contribution in [2.75, 3.05) is 0 Å². The number of pyridine rings is 1. The number of hydrogen-bond donors (Lipinski definition) is 1. The van der Waals surface area contributed by atoms with Crippen molar-refractivity contribution in [3.8, 4) is 11.5 Å². The monoisotopic (exact) mass is 362 g/mol. The van der Waals surface area contributed by atoms with Gasteiger partial charge in [-0.1, -0.05) is 11.2 Å². The van der Waals surface area contributed by atoms with Crippen LogP contribution in [0.5, 0.6) is 0 Å². The van der Waals surface area contributed by atoms with Crippen LogP contribution in [0.3, 0.4) is 0 Å². The normalized spacial score (nSPS) is 11.4. The SMILES string of the molecule is Cn1cc(S(=O)(=O)NC(=O)CCc2nc(-c3ccccn3)no2)cn1. The fraction of sp³-hybridized carbons (Fsp3) is 0.214. The average molecular weight is 362 g/mol. The van der Waals surface area contributed by atoms with Crippen molar-refractivity contribution in [2.24, 2.45) is 7.05 Å². The molecule has 10 nitrogen and oxygen atoms in total. The highest BCUT2D eigenvalue weighted by molar-refractivity contribution is 7.90. The lowest BCUT2D eigenvalue weighted by Gasteiger charge is -2.03. The van der Waals surface area contributed by atoms with Crippen LogP contribution in [0.25, 0.3) is 11.5 Å². The lowest BCUT2D eigenvalue weighted by molar-refractivity contribution is -0.119. The van der Waals surface area contributed by atoms with Crippen molar-refractivity contribution in [3.05, 3.63) is 42.7 Å². The molecule has 0 unspecified atom stereocenters. The Balaban J connectivity index is 1.59. The van der Waals surface area contributed by atoms with Gasteiger partial charge in [0, 0.05) is 32.3 Å². The van der Waals surface area contributed by atoms with Crippen molar-refractivity contribution < 1.29 is 17.7 Å². The van der Waals surface area contributed by atoms with E-state index >= 15 is 0 Å². The van der Waals surface area contributed by atoms with Gasteiger partial charge in [0.2, 0.25) is 17.6 Å². The molecule has 0 bridgehead atoms. The molecule has 0 saturated heterocycles. The molecule has 130 valence electrons. The van der Waals surface area contributed by atoms with E-state index in [1.165, 1.54) is 10.9 Å². The zero-order valence-electron chi connectivity index (χ0n) is 13.2. The van der Waals surface area contributed by atoms with Crippen molar-refractivity contribution in [3.63, 3.8) is 0 Å². The van der Waals surface area contributed by atoms with Gasteiger partial charge in [-0.2, -0.15) is 10.1 Å². The minimum atomic E-state index is -3.94. The average Bonchev–Trinajstić information content (AvgIpc) is 3.23. The highest BCUT2D eigenvalue weighted by Crippen LogP contribution is 2.13. The van der Waals surface area contributed by atoms with E-state index in [0.717, 1.165) is 6.20 Å². The second-order valence-corrected chi connectivity index (χ2v) is 6.79. The number of aromatic nitrogens is 5. The van der Waals surface area contributed by atoms with Gasteiger partial charge in [-0.15, -0.1) is 0 Å². The van der Waals surface area contributed by atoms with E-state index in [1.54, 1.807) is 31.4 Å². The highest BCUT2D eigenvalue weighted by atomic mass is 32.2. The number of sulfonamides is 1. The first-order valence-corrected chi connectivity index (χ1v) is 8.70. The summed E-state index contributed by atoms with van der Waals surface area (Å²) in [6.45, 7) is 0. The number of amides is 1. The molecule has 11 heteroatoms. The molecule has 1 N–H and O–H groups in total. The maximum Gasteiger partial charge on any atom is 0.267 e. The van der Waals surface area contributed by atoms with E-state index in [9.17, 15) is 13.2 Å². The van der Waals surface area contributed by atoms with E-state index in [2.05, 4.69) is 20.2 Å². The molecule has 3 heterocycles. The zero-order chi connectivity index (χ0) is 17.9. The Morgan fingerprint density at radius 2 is 2.20 bits per heavy atom.